The molecule has 7 aromatic heterocycles. The number of anilines is 1. The lowest BCUT2D eigenvalue weighted by Gasteiger charge is -2.31. The summed E-state index contributed by atoms with van der Waals surface area (Å²) in [5.41, 5.74) is 6.89. The monoisotopic (exact) mass is 902 g/mol. The van der Waals surface area contributed by atoms with E-state index in [4.69, 9.17) is 0 Å². The summed E-state index contributed by atoms with van der Waals surface area (Å²) in [6.45, 7) is 35.2. The van der Waals surface area contributed by atoms with Crippen molar-refractivity contribution in [3.05, 3.63) is 113 Å². The first-order valence-corrected chi connectivity index (χ1v) is 21.7. The van der Waals surface area contributed by atoms with Crippen molar-refractivity contribution >= 4 is 51.0 Å². The number of carbonyl (C=O) groups is 2. The van der Waals surface area contributed by atoms with E-state index < -0.39 is 0 Å². The van der Waals surface area contributed by atoms with E-state index in [0.717, 1.165) is 50.8 Å². The Bertz CT molecular complexity index is 3010. The molecule has 20 heteroatoms. The minimum absolute atomic E-state index is 0.0584. The van der Waals surface area contributed by atoms with Gasteiger partial charge >= 0.3 is 0 Å². The Morgan fingerprint density at radius 3 is 1.73 bits per heavy atom. The normalized spacial score (nSPS) is 13.3. The summed E-state index contributed by atoms with van der Waals surface area (Å²) in [4.78, 5) is 72.6. The molecule has 0 atom stereocenters. The molecule has 0 spiro atoms. The fourth-order valence-electron chi connectivity index (χ4n) is 6.92. The number of rotatable bonds is 4. The maximum atomic E-state index is 11.5. The highest BCUT2D eigenvalue weighted by Gasteiger charge is 2.25. The Hall–Kier alpha value is -7.51. The molecule has 2 aliphatic heterocycles. The lowest BCUT2D eigenvalue weighted by molar-refractivity contribution is -0.117. The number of imidazole rings is 3. The van der Waals surface area contributed by atoms with E-state index in [2.05, 4.69) is 92.4 Å². The number of aromatic amines is 1. The molecule has 0 saturated heterocycles. The van der Waals surface area contributed by atoms with Gasteiger partial charge in [-0.1, -0.05) is 13.2 Å². The summed E-state index contributed by atoms with van der Waals surface area (Å²) >= 11 is 0. The van der Waals surface area contributed by atoms with Crippen LogP contribution in [0.15, 0.2) is 72.6 Å². The van der Waals surface area contributed by atoms with Crippen LogP contribution in [0.4, 0.5) is 5.82 Å². The minimum Gasteiger partial charge on any atom is -0.335 e. The zero-order chi connectivity index (χ0) is 48.9. The van der Waals surface area contributed by atoms with Crippen molar-refractivity contribution in [3.8, 4) is 0 Å². The first-order chi connectivity index (χ1) is 31.0. The topological polar surface area (TPSA) is 229 Å². The molecule has 9 rings (SSSR count). The molecule has 0 saturated carbocycles. The summed E-state index contributed by atoms with van der Waals surface area (Å²) < 4.78 is 7.87. The lowest BCUT2D eigenvalue weighted by atomic mass is 10.2. The van der Waals surface area contributed by atoms with E-state index in [9.17, 15) is 14.4 Å². The molecule has 2 aliphatic rings. The Morgan fingerprint density at radius 1 is 0.591 bits per heavy atom. The van der Waals surface area contributed by atoms with Crippen LogP contribution in [0.5, 0.6) is 0 Å². The quantitative estimate of drug-likeness (QED) is 0.141. The Kier molecular flexibility index (Phi) is 15.4. The molecule has 0 unspecified atom stereocenters. The van der Waals surface area contributed by atoms with Gasteiger partial charge in [-0.3, -0.25) is 14.4 Å². The van der Waals surface area contributed by atoms with E-state index in [0.29, 0.717) is 52.2 Å². The summed E-state index contributed by atoms with van der Waals surface area (Å²) in [5, 5.41) is 9.39. The molecule has 9 heterocycles. The smallest absolute Gasteiger partial charge is 0.279 e. The van der Waals surface area contributed by atoms with E-state index in [1.807, 2.05) is 120 Å². The van der Waals surface area contributed by atoms with E-state index in [-0.39, 0.29) is 29.5 Å². The first kappa shape index (κ1) is 49.5. The van der Waals surface area contributed by atoms with Crippen LogP contribution in [-0.2, 0) is 11.8 Å². The van der Waals surface area contributed by atoms with E-state index in [1.54, 1.807) is 26.5 Å². The van der Waals surface area contributed by atoms with Crippen molar-refractivity contribution in [2.24, 2.45) is 7.05 Å². The van der Waals surface area contributed by atoms with Gasteiger partial charge in [0.1, 0.15) is 46.1 Å². The minimum atomic E-state index is -0.205. The summed E-state index contributed by atoms with van der Waals surface area (Å²) in [6, 6.07) is 3.28. The van der Waals surface area contributed by atoms with Gasteiger partial charge in [0.25, 0.3) is 17.4 Å². The highest BCUT2D eigenvalue weighted by molar-refractivity contribution is 6.00. The maximum Gasteiger partial charge on any atom is 0.279 e. The van der Waals surface area contributed by atoms with Crippen molar-refractivity contribution in [2.75, 3.05) is 5.32 Å². The van der Waals surface area contributed by atoms with Gasteiger partial charge in [-0.15, -0.1) is 0 Å². The molecule has 0 aliphatic carbocycles. The van der Waals surface area contributed by atoms with Crippen molar-refractivity contribution < 1.29 is 9.59 Å². The van der Waals surface area contributed by atoms with Crippen LogP contribution in [0.2, 0.25) is 0 Å². The van der Waals surface area contributed by atoms with E-state index >= 15 is 0 Å². The average Bonchev–Trinajstić information content (AvgIpc) is 4.03. The van der Waals surface area contributed by atoms with Crippen LogP contribution in [0.25, 0.3) is 33.4 Å². The summed E-state index contributed by atoms with van der Waals surface area (Å²) in [7, 11) is 1.99. The largest absolute Gasteiger partial charge is 0.335 e. The third kappa shape index (κ3) is 11.2. The van der Waals surface area contributed by atoms with Gasteiger partial charge in [0.2, 0.25) is 0 Å². The molecule has 4 N–H and O–H groups in total. The fourth-order valence-corrected chi connectivity index (χ4v) is 6.92. The zero-order valence-electron chi connectivity index (χ0n) is 40.7. The van der Waals surface area contributed by atoms with Crippen molar-refractivity contribution in [2.45, 2.75) is 121 Å². The summed E-state index contributed by atoms with van der Waals surface area (Å²) in [6.07, 6.45) is 8.96. The molecular formula is C46H63N17O3. The summed E-state index contributed by atoms with van der Waals surface area (Å²) in [5.74, 6) is 3.85. The Labute approximate surface area is 384 Å². The average molecular weight is 902 g/mol. The number of carbonyl (C=O) groups excluding carboxylic acids is 2. The molecular weight excluding hydrogens is 839 g/mol. The van der Waals surface area contributed by atoms with Gasteiger partial charge in [0.15, 0.2) is 22.5 Å². The number of nitrogens with zero attached hydrogens (tertiary/aromatic N) is 13. The molecule has 2 amide bonds. The van der Waals surface area contributed by atoms with Gasteiger partial charge in [-0.25, -0.2) is 39.9 Å². The highest BCUT2D eigenvalue weighted by atomic mass is 16.2. The van der Waals surface area contributed by atoms with Crippen LogP contribution in [0, 0.1) is 34.6 Å². The van der Waals surface area contributed by atoms with Crippen molar-refractivity contribution in [1.82, 2.24) is 78.7 Å². The van der Waals surface area contributed by atoms with Crippen LogP contribution in [0.3, 0.4) is 0 Å². The molecule has 0 radical (unpaired) electrons. The van der Waals surface area contributed by atoms with Gasteiger partial charge < -0.3 is 44.1 Å². The molecule has 0 bridgehead atoms. The molecule has 0 fully saturated rings. The SMILES string of the molecule is C=C1NC(=O)C(C)=CN1C(C)C.C=C1NC(=O)c2ncn(C(C)C)c2N1.Cc1nc(C)c2ccn(C)c2n1.Cc1nc(C)c2ncn(C(C)C)c2n1.Cc1nc2c(ncn2C(C)C)c(=O)[nH]1. The number of hydrogen-bond donors (Lipinski definition) is 4. The number of hydrogen-bond acceptors (Lipinski definition) is 13. The standard InChI is InChI=1S/C10H14N4.2C9H12N4O.C9H11N3.C9H14N2O/c1-6(2)14-5-11-9-7(3)12-8(4)13-10(9)14;2*1-5(2)13-4-10-7-8(13)11-6(3)12-9(7)14;1-6-8-4-5-12(3)9(8)11-7(2)10-6;1-6(2)11-5-7(3)9(12)10-8(11)4/h5-6H,1-4H3;4-5H,1-3H3,(H,11,12,14);4-5,11H,3H2,1-2H3,(H,12,14);4-5H,1-3H3;5-6H,4H2,1-3H3,(H,10,12). The molecule has 350 valence electrons. The fraction of sp³-hybridized carbons (Fsp3) is 0.413. The van der Waals surface area contributed by atoms with Crippen LogP contribution in [0.1, 0.15) is 120 Å². The predicted octanol–water partition coefficient (Wildman–Crippen LogP) is 6.91. The van der Waals surface area contributed by atoms with Crippen molar-refractivity contribution in [1.29, 1.82) is 0 Å². The number of aryl methyl sites for hydroxylation is 6. The molecule has 20 nitrogen and oxygen atoms in total. The van der Waals surface area contributed by atoms with E-state index in [1.165, 1.54) is 0 Å². The van der Waals surface area contributed by atoms with Gasteiger partial charge in [0, 0.05) is 54.6 Å². The Morgan fingerprint density at radius 2 is 1.14 bits per heavy atom. The molecule has 7 aromatic rings. The molecule has 66 heavy (non-hydrogen) atoms. The van der Waals surface area contributed by atoms with Crippen LogP contribution >= 0.6 is 0 Å². The van der Waals surface area contributed by atoms with Crippen LogP contribution < -0.4 is 21.5 Å². The number of nitrogens with one attached hydrogen (secondary N) is 4. The lowest BCUT2D eigenvalue weighted by Crippen LogP contribution is -2.40. The zero-order valence-corrected chi connectivity index (χ0v) is 40.7. The second-order valence-electron chi connectivity index (χ2n) is 17.1. The second kappa shape index (κ2) is 20.5. The Balaban J connectivity index is 0.000000155. The molecule has 0 aromatic carbocycles. The predicted molar refractivity (Wildman–Crippen MR) is 257 cm³/mol. The second-order valence-corrected chi connectivity index (χ2v) is 17.1. The van der Waals surface area contributed by atoms with Crippen LogP contribution in [-0.4, -0.2) is 85.9 Å². The van der Waals surface area contributed by atoms with Gasteiger partial charge in [-0.2, -0.15) is 0 Å². The third-order valence-corrected chi connectivity index (χ3v) is 10.3. The van der Waals surface area contributed by atoms with Crippen molar-refractivity contribution in [3.63, 3.8) is 0 Å². The maximum absolute atomic E-state index is 11.5. The van der Waals surface area contributed by atoms with Gasteiger partial charge in [0.05, 0.1) is 30.4 Å². The number of aromatic nitrogens is 13. The third-order valence-electron chi connectivity index (χ3n) is 10.3. The first-order valence-electron chi connectivity index (χ1n) is 21.7. The van der Waals surface area contributed by atoms with Gasteiger partial charge in [-0.05, 0) is 103 Å². The number of amides is 2. The highest BCUT2D eigenvalue weighted by Crippen LogP contribution is 2.23. The number of fused-ring (bicyclic) bond motifs is 4. The number of H-pyrrole nitrogens is 1.